The number of ether oxygens (including phenoxy) is 1. The fraction of sp³-hybridized carbons (Fsp3) is 0.562. The zero-order chi connectivity index (χ0) is 14.8. The second kappa shape index (κ2) is 9.34. The van der Waals surface area contributed by atoms with Crippen molar-refractivity contribution >= 4 is 5.84 Å². The summed E-state index contributed by atoms with van der Waals surface area (Å²) in [6.07, 6.45) is 8.42. The zero-order valence-electron chi connectivity index (χ0n) is 12.3. The first-order valence-electron chi connectivity index (χ1n) is 7.42. The Kier molecular flexibility index (Phi) is 7.70. The summed E-state index contributed by atoms with van der Waals surface area (Å²) >= 11 is 0. The summed E-state index contributed by atoms with van der Waals surface area (Å²) in [4.78, 5) is 0. The van der Waals surface area contributed by atoms with E-state index in [1.807, 2.05) is 0 Å². The number of hydrogen-bond acceptors (Lipinski definition) is 2. The Morgan fingerprint density at radius 3 is 2.45 bits per heavy atom. The van der Waals surface area contributed by atoms with Crippen molar-refractivity contribution in [3.63, 3.8) is 0 Å². The fourth-order valence-corrected chi connectivity index (χ4v) is 2.13. The molecule has 0 heterocycles. The van der Waals surface area contributed by atoms with Crippen molar-refractivity contribution < 1.29 is 9.13 Å². The molecular weight excluding hydrogens is 255 g/mol. The molecule has 3 nitrogen and oxygen atoms in total. The van der Waals surface area contributed by atoms with Crippen molar-refractivity contribution in [2.24, 2.45) is 5.73 Å². The second-order valence-corrected chi connectivity index (χ2v) is 5.00. The second-order valence-electron chi connectivity index (χ2n) is 5.00. The first-order valence-corrected chi connectivity index (χ1v) is 7.42. The molecule has 0 saturated heterocycles. The largest absolute Gasteiger partial charge is 0.493 e. The average molecular weight is 280 g/mol. The van der Waals surface area contributed by atoms with Crippen LogP contribution in [0, 0.1) is 11.2 Å². The van der Waals surface area contributed by atoms with Crippen molar-refractivity contribution in [3.05, 3.63) is 29.6 Å². The van der Waals surface area contributed by atoms with Crippen LogP contribution in [0.25, 0.3) is 0 Å². The molecule has 0 unspecified atom stereocenters. The fourth-order valence-electron chi connectivity index (χ4n) is 2.13. The molecule has 0 aliphatic rings. The number of unbranched alkanes of at least 4 members (excludes halogenated alkanes) is 6. The zero-order valence-corrected chi connectivity index (χ0v) is 12.3. The van der Waals surface area contributed by atoms with E-state index in [0.717, 1.165) is 12.8 Å². The van der Waals surface area contributed by atoms with E-state index in [2.05, 4.69) is 6.92 Å². The monoisotopic (exact) mass is 280 g/mol. The molecule has 0 aliphatic heterocycles. The van der Waals surface area contributed by atoms with Gasteiger partial charge in [-0.25, -0.2) is 4.39 Å². The Bertz CT molecular complexity index is 421. The Morgan fingerprint density at radius 1 is 1.15 bits per heavy atom. The summed E-state index contributed by atoms with van der Waals surface area (Å²) in [5, 5.41) is 7.39. The summed E-state index contributed by atoms with van der Waals surface area (Å²) in [7, 11) is 0. The molecule has 0 saturated carbocycles. The van der Waals surface area contributed by atoms with Gasteiger partial charge in [-0.2, -0.15) is 0 Å². The molecule has 1 aromatic rings. The SMILES string of the molecule is CCCCCCCCCOc1cccc(F)c1C(=N)N. The van der Waals surface area contributed by atoms with Crippen molar-refractivity contribution in [3.8, 4) is 5.75 Å². The first kappa shape index (κ1) is 16.5. The first-order chi connectivity index (χ1) is 9.66. The highest BCUT2D eigenvalue weighted by Gasteiger charge is 2.12. The van der Waals surface area contributed by atoms with Gasteiger partial charge in [0.25, 0.3) is 0 Å². The smallest absolute Gasteiger partial charge is 0.137 e. The van der Waals surface area contributed by atoms with Crippen LogP contribution in [-0.2, 0) is 0 Å². The molecule has 3 N–H and O–H groups in total. The Balaban J connectivity index is 2.29. The molecule has 112 valence electrons. The minimum Gasteiger partial charge on any atom is -0.493 e. The third-order valence-electron chi connectivity index (χ3n) is 3.25. The van der Waals surface area contributed by atoms with Crippen molar-refractivity contribution in [2.75, 3.05) is 6.61 Å². The minimum absolute atomic E-state index is 0.0652. The van der Waals surface area contributed by atoms with E-state index in [9.17, 15) is 4.39 Å². The maximum atomic E-state index is 13.5. The number of benzene rings is 1. The molecule has 20 heavy (non-hydrogen) atoms. The van der Waals surface area contributed by atoms with Gasteiger partial charge in [0, 0.05) is 0 Å². The van der Waals surface area contributed by atoms with Gasteiger partial charge in [0.2, 0.25) is 0 Å². The number of rotatable bonds is 10. The molecule has 0 bridgehead atoms. The van der Waals surface area contributed by atoms with Gasteiger partial charge < -0.3 is 10.5 Å². The number of amidine groups is 1. The highest BCUT2D eigenvalue weighted by Crippen LogP contribution is 2.21. The lowest BCUT2D eigenvalue weighted by atomic mass is 10.1. The summed E-state index contributed by atoms with van der Waals surface area (Å²) in [6, 6.07) is 4.51. The normalized spacial score (nSPS) is 10.5. The van der Waals surface area contributed by atoms with Crippen LogP contribution < -0.4 is 10.5 Å². The van der Waals surface area contributed by atoms with Gasteiger partial charge in [-0.15, -0.1) is 0 Å². The van der Waals surface area contributed by atoms with Gasteiger partial charge in [-0.05, 0) is 18.6 Å². The van der Waals surface area contributed by atoms with Gasteiger partial charge in [-0.1, -0.05) is 51.5 Å². The highest BCUT2D eigenvalue weighted by molar-refractivity contribution is 5.97. The van der Waals surface area contributed by atoms with Crippen LogP contribution in [0.4, 0.5) is 4.39 Å². The summed E-state index contributed by atoms with van der Waals surface area (Å²) in [5.41, 5.74) is 5.44. The lowest BCUT2D eigenvalue weighted by Gasteiger charge is -2.11. The predicted molar refractivity (Wildman–Crippen MR) is 80.9 cm³/mol. The van der Waals surface area contributed by atoms with Gasteiger partial charge in [0.1, 0.15) is 17.4 Å². The van der Waals surface area contributed by atoms with Crippen molar-refractivity contribution in [1.82, 2.24) is 0 Å². The summed E-state index contributed by atoms with van der Waals surface area (Å²) in [6.45, 7) is 2.75. The minimum atomic E-state index is -0.505. The topological polar surface area (TPSA) is 59.1 Å². The number of hydrogen-bond donors (Lipinski definition) is 2. The average Bonchev–Trinajstić information content (AvgIpc) is 2.41. The van der Waals surface area contributed by atoms with Crippen LogP contribution in [0.2, 0.25) is 0 Å². The molecule has 0 radical (unpaired) electrons. The molecule has 0 atom stereocenters. The molecular formula is C16H25FN2O. The number of nitrogens with one attached hydrogen (secondary N) is 1. The highest BCUT2D eigenvalue weighted by atomic mass is 19.1. The van der Waals surface area contributed by atoms with E-state index in [-0.39, 0.29) is 11.4 Å². The van der Waals surface area contributed by atoms with E-state index < -0.39 is 5.82 Å². The van der Waals surface area contributed by atoms with Gasteiger partial charge in [-0.3, -0.25) is 5.41 Å². The predicted octanol–water partition coefficient (Wildman–Crippen LogP) is 4.24. The molecule has 1 rings (SSSR count). The van der Waals surface area contributed by atoms with Crippen LogP contribution in [0.5, 0.6) is 5.75 Å². The van der Waals surface area contributed by atoms with E-state index >= 15 is 0 Å². The molecule has 4 heteroatoms. The molecule has 0 aliphatic carbocycles. The Hall–Kier alpha value is -1.58. The Labute approximate surface area is 120 Å². The summed E-state index contributed by atoms with van der Waals surface area (Å²) < 4.78 is 19.1. The molecule has 0 spiro atoms. The molecule has 0 amide bonds. The lowest BCUT2D eigenvalue weighted by molar-refractivity contribution is 0.302. The van der Waals surface area contributed by atoms with Gasteiger partial charge in [0.05, 0.1) is 12.2 Å². The van der Waals surface area contributed by atoms with Crippen molar-refractivity contribution in [1.29, 1.82) is 5.41 Å². The maximum Gasteiger partial charge on any atom is 0.137 e. The lowest BCUT2D eigenvalue weighted by Crippen LogP contribution is -2.15. The van der Waals surface area contributed by atoms with Crippen LogP contribution in [-0.4, -0.2) is 12.4 Å². The van der Waals surface area contributed by atoms with Crippen molar-refractivity contribution in [2.45, 2.75) is 51.9 Å². The molecule has 1 aromatic carbocycles. The number of nitrogens with two attached hydrogens (primary N) is 1. The van der Waals surface area contributed by atoms with Gasteiger partial charge >= 0.3 is 0 Å². The van der Waals surface area contributed by atoms with E-state index in [1.54, 1.807) is 12.1 Å². The van der Waals surface area contributed by atoms with Crippen LogP contribution >= 0.6 is 0 Å². The molecule has 0 aromatic heterocycles. The third-order valence-corrected chi connectivity index (χ3v) is 3.25. The standard InChI is InChI=1S/C16H25FN2O/c1-2-3-4-5-6-7-8-12-20-14-11-9-10-13(17)15(14)16(18)19/h9-11H,2-8,12H2,1H3,(H3,18,19). The maximum absolute atomic E-state index is 13.5. The van der Waals surface area contributed by atoms with Crippen LogP contribution in [0.15, 0.2) is 18.2 Å². The third kappa shape index (κ3) is 5.59. The quantitative estimate of drug-likeness (QED) is 0.382. The van der Waals surface area contributed by atoms with E-state index in [0.29, 0.717) is 12.4 Å². The number of halogens is 1. The van der Waals surface area contributed by atoms with E-state index in [4.69, 9.17) is 15.9 Å². The number of nitrogen functional groups attached to an aromatic ring is 1. The van der Waals surface area contributed by atoms with Crippen LogP contribution in [0.1, 0.15) is 57.4 Å². The van der Waals surface area contributed by atoms with Gasteiger partial charge in [0.15, 0.2) is 0 Å². The van der Waals surface area contributed by atoms with E-state index in [1.165, 1.54) is 38.2 Å². The Morgan fingerprint density at radius 2 is 1.80 bits per heavy atom. The molecule has 0 fully saturated rings. The van der Waals surface area contributed by atoms with Crippen LogP contribution in [0.3, 0.4) is 0 Å². The summed E-state index contributed by atoms with van der Waals surface area (Å²) in [5.74, 6) is -0.435.